The van der Waals surface area contributed by atoms with Gasteiger partial charge < -0.3 is 20.4 Å². The minimum absolute atomic E-state index is 0. The van der Waals surface area contributed by atoms with Crippen molar-refractivity contribution in [2.75, 3.05) is 0 Å². The van der Waals surface area contributed by atoms with Gasteiger partial charge >= 0.3 is 0 Å². The number of aromatic nitrogens is 4. The van der Waals surface area contributed by atoms with Crippen LogP contribution in [0.25, 0.3) is 32.5 Å². The second-order valence-corrected chi connectivity index (χ2v) is 13.0. The number of hydrogen-bond donors (Lipinski definition) is 4. The zero-order valence-corrected chi connectivity index (χ0v) is 30.3. The molecule has 0 atom stereocenters. The van der Waals surface area contributed by atoms with Crippen molar-refractivity contribution in [3.8, 4) is 55.8 Å². The normalized spacial score (nSPS) is 11.0. The molecule has 0 aliphatic heterocycles. The first-order valence-electron chi connectivity index (χ1n) is 15.9. The van der Waals surface area contributed by atoms with Gasteiger partial charge in [-0.2, -0.15) is 19.6 Å². The minimum Gasteiger partial charge on any atom is -0.506 e. The van der Waals surface area contributed by atoms with Crippen LogP contribution in [0.3, 0.4) is 0 Å². The largest absolute Gasteiger partial charge is 0.506 e. The molecule has 0 bridgehead atoms. The zero-order chi connectivity index (χ0) is 35.9. The van der Waals surface area contributed by atoms with E-state index in [2.05, 4.69) is 20.2 Å². The smallest absolute Gasteiger partial charge is 0.223 e. The molecule has 265 valence electrons. The quantitative estimate of drug-likeness (QED) is 0.113. The summed E-state index contributed by atoms with van der Waals surface area (Å²) < 4.78 is 2.97. The van der Waals surface area contributed by atoms with Crippen molar-refractivity contribution in [1.82, 2.24) is 19.6 Å². The molecule has 8 rings (SSSR count). The summed E-state index contributed by atoms with van der Waals surface area (Å²) in [7, 11) is 0. The molecule has 0 amide bonds. The third-order valence-electron chi connectivity index (χ3n) is 7.73. The molecule has 0 saturated heterocycles. The van der Waals surface area contributed by atoms with Crippen molar-refractivity contribution in [2.24, 2.45) is 9.98 Å². The Morgan fingerprint density at radius 2 is 0.849 bits per heavy atom. The van der Waals surface area contributed by atoms with E-state index < -0.39 is 0 Å². The summed E-state index contributed by atoms with van der Waals surface area (Å²) in [6.07, 6.45) is 3.07. The second kappa shape index (κ2) is 16.8. The van der Waals surface area contributed by atoms with Gasteiger partial charge in [-0.25, -0.2) is 0 Å². The third kappa shape index (κ3) is 8.13. The number of aliphatic imine (C=N–C) groups is 2. The monoisotopic (exact) mass is 781 g/mol. The molecular formula is C40H30CoN6O4S2. The van der Waals surface area contributed by atoms with E-state index in [9.17, 15) is 20.4 Å². The van der Waals surface area contributed by atoms with Gasteiger partial charge in [0.05, 0.1) is 32.3 Å². The number of phenolic OH excluding ortho intramolecular Hbond substituents is 2. The Hall–Kier alpha value is -6.25. The maximum absolute atomic E-state index is 10.8. The van der Waals surface area contributed by atoms with E-state index in [1.165, 1.54) is 44.5 Å². The second-order valence-electron chi connectivity index (χ2n) is 11.1. The number of hydrogen-bond acceptors (Lipinski definition) is 10. The Morgan fingerprint density at radius 1 is 0.472 bits per heavy atom. The summed E-state index contributed by atoms with van der Waals surface area (Å²) in [6.45, 7) is 0. The van der Waals surface area contributed by atoms with Crippen LogP contribution in [0.2, 0.25) is 0 Å². The van der Waals surface area contributed by atoms with Crippen LogP contribution >= 0.6 is 22.7 Å². The molecule has 1 radical (unpaired) electrons. The van der Waals surface area contributed by atoms with Gasteiger partial charge in [-0.1, -0.05) is 72.8 Å². The molecule has 0 aliphatic carbocycles. The van der Waals surface area contributed by atoms with Crippen LogP contribution in [-0.2, 0) is 16.8 Å². The van der Waals surface area contributed by atoms with E-state index in [-0.39, 0.29) is 40.0 Å². The van der Waals surface area contributed by atoms with Gasteiger partial charge in [0, 0.05) is 29.2 Å². The number of aromatic hydroxyl groups is 4. The Labute approximate surface area is 322 Å². The van der Waals surface area contributed by atoms with E-state index >= 15 is 0 Å². The first-order chi connectivity index (χ1) is 25.5. The fraction of sp³-hybridized carbons (Fsp3) is 0. The first-order valence-corrected chi connectivity index (χ1v) is 17.7. The van der Waals surface area contributed by atoms with Crippen molar-refractivity contribution in [3.05, 3.63) is 155 Å². The average molecular weight is 782 g/mol. The summed E-state index contributed by atoms with van der Waals surface area (Å²) >= 11 is 3.07. The van der Waals surface area contributed by atoms with Crippen LogP contribution in [-0.4, -0.2) is 52.4 Å². The fourth-order valence-corrected chi connectivity index (χ4v) is 6.63. The van der Waals surface area contributed by atoms with Gasteiger partial charge in [0.2, 0.25) is 11.8 Å². The van der Waals surface area contributed by atoms with Crippen LogP contribution in [0.5, 0.6) is 23.3 Å². The Morgan fingerprint density at radius 3 is 1.21 bits per heavy atom. The Bertz CT molecular complexity index is 2290. The molecule has 4 aromatic carbocycles. The predicted octanol–water partition coefficient (Wildman–Crippen LogP) is 9.52. The first kappa shape index (κ1) is 36.5. The van der Waals surface area contributed by atoms with Gasteiger partial charge in [-0.15, -0.1) is 22.7 Å². The molecular weight excluding hydrogens is 752 g/mol. The topological polar surface area (TPSA) is 141 Å². The molecule has 0 fully saturated rings. The van der Waals surface area contributed by atoms with Crippen LogP contribution in [0, 0.1) is 0 Å². The van der Waals surface area contributed by atoms with E-state index in [0.29, 0.717) is 33.9 Å². The van der Waals surface area contributed by atoms with Gasteiger partial charge in [-0.3, -0.25) is 9.98 Å². The van der Waals surface area contributed by atoms with Crippen LogP contribution in [0.1, 0.15) is 11.1 Å². The molecule has 4 aromatic heterocycles. The Balaban J connectivity index is 0.000000178. The number of nitrogens with zero attached hydrogens (tertiary/aromatic N) is 6. The SMILES string of the molecule is Oc1ccccc1N=Cc1c(-c2cccs2)nn(-c2ccccc2)c1O.Oc1ccccc1N=Cc1c(-c2cccs2)nn(-c2ccccc2)c1O.[Co]. The Kier molecular flexibility index (Phi) is 11.6. The van der Waals surface area contributed by atoms with E-state index in [4.69, 9.17) is 0 Å². The molecule has 53 heavy (non-hydrogen) atoms. The predicted molar refractivity (Wildman–Crippen MR) is 208 cm³/mol. The number of phenols is 2. The number of para-hydroxylation sites is 6. The van der Waals surface area contributed by atoms with Crippen molar-refractivity contribution in [3.63, 3.8) is 0 Å². The average Bonchev–Trinajstić information content (AvgIpc) is 4.01. The summed E-state index contributed by atoms with van der Waals surface area (Å²) in [5.74, 6) is 0.158. The molecule has 8 aromatic rings. The van der Waals surface area contributed by atoms with E-state index in [1.54, 1.807) is 48.5 Å². The van der Waals surface area contributed by atoms with Crippen LogP contribution < -0.4 is 0 Å². The van der Waals surface area contributed by atoms with Crippen molar-refractivity contribution in [1.29, 1.82) is 0 Å². The molecule has 4 heterocycles. The number of rotatable bonds is 8. The van der Waals surface area contributed by atoms with Crippen molar-refractivity contribution in [2.45, 2.75) is 0 Å². The number of thiophene rings is 2. The molecule has 0 unspecified atom stereocenters. The number of benzene rings is 4. The molecule has 13 heteroatoms. The standard InChI is InChI=1S/2C20H15N3O2S.Co/c2*24-17-10-5-4-9-16(17)21-13-15-19(18-11-6-12-26-18)22-23(20(15)25)14-7-2-1-3-8-14;/h2*1-13,24-25H;. The minimum atomic E-state index is -0.00114. The van der Waals surface area contributed by atoms with E-state index in [1.807, 2.05) is 95.7 Å². The summed E-state index contributed by atoms with van der Waals surface area (Å²) in [5, 5.41) is 54.4. The van der Waals surface area contributed by atoms with Gasteiger partial charge in [0.25, 0.3) is 0 Å². The van der Waals surface area contributed by atoms with Crippen molar-refractivity contribution < 1.29 is 37.2 Å². The molecule has 4 N–H and O–H groups in total. The maximum Gasteiger partial charge on any atom is 0.223 e. The summed E-state index contributed by atoms with van der Waals surface area (Å²) in [4.78, 5) is 10.5. The molecule has 0 spiro atoms. The molecule has 0 saturated carbocycles. The van der Waals surface area contributed by atoms with Gasteiger partial charge in [0.15, 0.2) is 0 Å². The molecule has 10 nitrogen and oxygen atoms in total. The van der Waals surface area contributed by atoms with Crippen LogP contribution in [0.15, 0.2) is 154 Å². The van der Waals surface area contributed by atoms with E-state index in [0.717, 1.165) is 21.1 Å². The summed E-state index contributed by atoms with van der Waals surface area (Å²) in [6, 6.07) is 40.2. The maximum atomic E-state index is 10.8. The van der Waals surface area contributed by atoms with Gasteiger partial charge in [-0.05, 0) is 71.4 Å². The van der Waals surface area contributed by atoms with Gasteiger partial charge in [0.1, 0.15) is 34.3 Å². The third-order valence-corrected chi connectivity index (χ3v) is 9.49. The van der Waals surface area contributed by atoms with Crippen molar-refractivity contribution >= 4 is 46.5 Å². The fourth-order valence-electron chi connectivity index (χ4n) is 5.18. The zero-order valence-electron chi connectivity index (χ0n) is 27.6. The van der Waals surface area contributed by atoms with Crippen LogP contribution in [0.4, 0.5) is 11.4 Å². The molecule has 0 aliphatic rings. The summed E-state index contributed by atoms with van der Waals surface area (Å²) in [5.41, 5.74) is 4.64.